The molecule has 0 aliphatic carbocycles. The summed E-state index contributed by atoms with van der Waals surface area (Å²) in [7, 11) is 0. The predicted octanol–water partition coefficient (Wildman–Crippen LogP) is 2.94. The van der Waals surface area contributed by atoms with Crippen LogP contribution in [0.3, 0.4) is 0 Å². The molecule has 0 spiro atoms. The number of benzene rings is 1. The lowest BCUT2D eigenvalue weighted by Gasteiger charge is -2.16. The summed E-state index contributed by atoms with van der Waals surface area (Å²) in [6.45, 7) is 11.0. The van der Waals surface area contributed by atoms with Gasteiger partial charge in [0.15, 0.2) is 0 Å². The van der Waals surface area contributed by atoms with Crippen LogP contribution in [0.5, 0.6) is 0 Å². The average Bonchev–Trinajstić information content (AvgIpc) is 3.16. The molecule has 0 saturated heterocycles. The lowest BCUT2D eigenvalue weighted by Crippen LogP contribution is -2.94. The van der Waals surface area contributed by atoms with Crippen LogP contribution >= 0.6 is 11.3 Å². The molecule has 144 valence electrons. The van der Waals surface area contributed by atoms with Gasteiger partial charge in [0, 0.05) is 18.4 Å². The zero-order valence-electron chi connectivity index (χ0n) is 16.6. The number of nitrogens with zero attached hydrogens (tertiary/aromatic N) is 2. The summed E-state index contributed by atoms with van der Waals surface area (Å²) >= 11 is 1.52. The number of aromatic nitrogens is 2. The van der Waals surface area contributed by atoms with E-state index in [-0.39, 0.29) is 11.4 Å². The average molecular weight is 386 g/mol. The number of hydrogen-bond donors (Lipinski definition) is 2. The topological polar surface area (TPSA) is 63.5 Å². The molecule has 0 aliphatic heterocycles. The molecule has 0 saturated carbocycles. The van der Waals surface area contributed by atoms with Crippen LogP contribution < -0.4 is 10.6 Å². The van der Waals surface area contributed by atoms with E-state index in [2.05, 4.69) is 48.6 Å². The Bertz CT molecular complexity index is 906. The number of rotatable bonds is 7. The zero-order valence-corrected chi connectivity index (χ0v) is 17.4. The third-order valence-electron chi connectivity index (χ3n) is 4.43. The Morgan fingerprint density at radius 3 is 2.70 bits per heavy atom. The zero-order chi connectivity index (χ0) is 19.4. The smallest absolute Gasteiger partial charge is 0.261 e. The highest BCUT2D eigenvalue weighted by Gasteiger charge is 2.17. The number of amides is 1. The second-order valence-electron chi connectivity index (χ2n) is 8.03. The largest absolute Gasteiger partial charge is 0.351 e. The molecule has 0 aliphatic rings. The molecule has 6 heteroatoms. The van der Waals surface area contributed by atoms with Gasteiger partial charge in [0.25, 0.3) is 5.91 Å². The van der Waals surface area contributed by atoms with Crippen molar-refractivity contribution in [1.82, 2.24) is 15.1 Å². The van der Waals surface area contributed by atoms with Gasteiger partial charge >= 0.3 is 0 Å². The molecule has 0 atom stereocenters. The predicted molar refractivity (Wildman–Crippen MR) is 111 cm³/mol. The summed E-state index contributed by atoms with van der Waals surface area (Å²) in [5, 5.41) is 11.1. The summed E-state index contributed by atoms with van der Waals surface area (Å²) in [4.78, 5) is 14.3. The fraction of sp³-hybridized carbons (Fsp3) is 0.429. The molecule has 3 aromatic rings. The van der Waals surface area contributed by atoms with Crippen LogP contribution in [0.4, 0.5) is 0 Å². The van der Waals surface area contributed by atoms with Gasteiger partial charge in [0.1, 0.15) is 4.83 Å². The maximum absolute atomic E-state index is 12.5. The summed E-state index contributed by atoms with van der Waals surface area (Å²) in [6.07, 6.45) is 0.967. The third kappa shape index (κ3) is 5.17. The fourth-order valence-corrected chi connectivity index (χ4v) is 4.09. The van der Waals surface area contributed by atoms with E-state index in [1.807, 2.05) is 35.9 Å². The second kappa shape index (κ2) is 8.23. The number of nitrogens with one attached hydrogen (secondary N) is 1. The first-order valence-electron chi connectivity index (χ1n) is 9.47. The molecule has 1 amide bonds. The first kappa shape index (κ1) is 19.6. The molecule has 2 heterocycles. The molecular weight excluding hydrogens is 356 g/mol. The number of carbonyl (C=O) groups excluding carboxylic acids is 1. The molecular formula is C21H29N4OS+. The van der Waals surface area contributed by atoms with Crippen molar-refractivity contribution >= 4 is 27.5 Å². The van der Waals surface area contributed by atoms with Crippen LogP contribution in [0, 0.1) is 6.92 Å². The van der Waals surface area contributed by atoms with Crippen LogP contribution in [-0.2, 0) is 6.54 Å². The summed E-state index contributed by atoms with van der Waals surface area (Å²) in [6, 6.07) is 12.2. The van der Waals surface area contributed by atoms with Gasteiger partial charge in [-0.2, -0.15) is 5.10 Å². The lowest BCUT2D eigenvalue weighted by molar-refractivity contribution is -0.717. The van der Waals surface area contributed by atoms with E-state index in [0.717, 1.165) is 40.3 Å². The first-order chi connectivity index (χ1) is 12.8. The van der Waals surface area contributed by atoms with Crippen LogP contribution in [0.15, 0.2) is 36.4 Å². The Labute approximate surface area is 164 Å². The van der Waals surface area contributed by atoms with Crippen LogP contribution in [-0.4, -0.2) is 34.3 Å². The fourth-order valence-electron chi connectivity index (χ4n) is 3.01. The van der Waals surface area contributed by atoms with E-state index in [1.54, 1.807) is 0 Å². The van der Waals surface area contributed by atoms with Gasteiger partial charge in [0.05, 0.1) is 29.2 Å². The Morgan fingerprint density at radius 2 is 2.00 bits per heavy atom. The molecule has 5 nitrogen and oxygen atoms in total. The van der Waals surface area contributed by atoms with Gasteiger partial charge in [-0.1, -0.05) is 30.3 Å². The van der Waals surface area contributed by atoms with Gasteiger partial charge in [0.2, 0.25) is 0 Å². The normalized spacial score (nSPS) is 11.9. The van der Waals surface area contributed by atoms with Crippen molar-refractivity contribution in [3.8, 4) is 0 Å². The molecule has 0 unspecified atom stereocenters. The molecule has 0 radical (unpaired) electrons. The summed E-state index contributed by atoms with van der Waals surface area (Å²) < 4.78 is 2.00. The van der Waals surface area contributed by atoms with E-state index in [4.69, 9.17) is 0 Å². The molecule has 3 N–H and O–H groups in total. The minimum atomic E-state index is 0.0117. The van der Waals surface area contributed by atoms with Crippen molar-refractivity contribution in [2.45, 2.75) is 46.2 Å². The number of hydrogen-bond acceptors (Lipinski definition) is 3. The van der Waals surface area contributed by atoms with E-state index in [1.165, 1.54) is 16.9 Å². The highest BCUT2D eigenvalue weighted by molar-refractivity contribution is 7.20. The van der Waals surface area contributed by atoms with Crippen molar-refractivity contribution < 1.29 is 10.1 Å². The first-order valence-corrected chi connectivity index (χ1v) is 10.3. The Kier molecular flexibility index (Phi) is 5.97. The quantitative estimate of drug-likeness (QED) is 0.614. The van der Waals surface area contributed by atoms with Gasteiger partial charge in [-0.25, -0.2) is 0 Å². The number of fused-ring (bicyclic) bond motifs is 1. The highest BCUT2D eigenvalue weighted by Crippen LogP contribution is 2.28. The number of aryl methyl sites for hydroxylation is 1. The molecule has 1 aromatic carbocycles. The van der Waals surface area contributed by atoms with E-state index in [9.17, 15) is 4.79 Å². The van der Waals surface area contributed by atoms with Crippen molar-refractivity contribution in [2.75, 3.05) is 13.1 Å². The van der Waals surface area contributed by atoms with Crippen molar-refractivity contribution in [3.63, 3.8) is 0 Å². The Hall–Kier alpha value is -2.18. The monoisotopic (exact) mass is 385 g/mol. The molecule has 0 bridgehead atoms. The molecule has 0 fully saturated rings. The van der Waals surface area contributed by atoms with Crippen molar-refractivity contribution in [1.29, 1.82) is 0 Å². The molecule has 2 aromatic heterocycles. The summed E-state index contributed by atoms with van der Waals surface area (Å²) in [5.74, 6) is 0.0117. The molecule has 27 heavy (non-hydrogen) atoms. The van der Waals surface area contributed by atoms with Crippen LogP contribution in [0.1, 0.15) is 48.1 Å². The summed E-state index contributed by atoms with van der Waals surface area (Å²) in [5.41, 5.74) is 2.41. The van der Waals surface area contributed by atoms with Gasteiger partial charge < -0.3 is 10.6 Å². The maximum atomic E-state index is 12.5. The molecule has 3 rings (SSSR count). The van der Waals surface area contributed by atoms with Gasteiger partial charge in [-0.05, 0) is 39.3 Å². The minimum absolute atomic E-state index is 0.0117. The number of thiophene rings is 1. The Balaban J connectivity index is 1.64. The standard InChI is InChI=1S/C21H28N4OS/c1-15-17-13-18(19(26)22-11-8-12-23-21(2,3)4)27-20(17)25(24-15)14-16-9-6-5-7-10-16/h5-7,9-10,13,23H,8,11-12,14H2,1-4H3,(H,22,26)/p+1. The van der Waals surface area contributed by atoms with E-state index >= 15 is 0 Å². The number of nitrogens with two attached hydrogens (primary N) is 1. The lowest BCUT2D eigenvalue weighted by atomic mass is 10.1. The highest BCUT2D eigenvalue weighted by atomic mass is 32.1. The van der Waals surface area contributed by atoms with Crippen LogP contribution in [0.25, 0.3) is 10.2 Å². The van der Waals surface area contributed by atoms with E-state index in [0.29, 0.717) is 6.54 Å². The van der Waals surface area contributed by atoms with E-state index < -0.39 is 0 Å². The van der Waals surface area contributed by atoms with Gasteiger partial charge in [-0.15, -0.1) is 11.3 Å². The number of quaternary nitrogens is 1. The van der Waals surface area contributed by atoms with Gasteiger partial charge in [-0.3, -0.25) is 9.48 Å². The Morgan fingerprint density at radius 1 is 1.26 bits per heavy atom. The van der Waals surface area contributed by atoms with Crippen molar-refractivity contribution in [2.24, 2.45) is 0 Å². The third-order valence-corrected chi connectivity index (χ3v) is 5.58. The number of carbonyl (C=O) groups is 1. The van der Waals surface area contributed by atoms with Crippen molar-refractivity contribution in [3.05, 3.63) is 52.5 Å². The minimum Gasteiger partial charge on any atom is -0.351 e. The van der Waals surface area contributed by atoms with Crippen LogP contribution in [0.2, 0.25) is 0 Å². The SMILES string of the molecule is Cc1nn(Cc2ccccc2)c2sc(C(=O)NCCC[NH2+]C(C)(C)C)cc12. The second-order valence-corrected chi connectivity index (χ2v) is 9.06. The maximum Gasteiger partial charge on any atom is 0.261 e.